The zero-order valence-corrected chi connectivity index (χ0v) is 20.5. The van der Waals surface area contributed by atoms with Crippen molar-refractivity contribution in [3.05, 3.63) is 59.7 Å². The maximum absolute atomic E-state index is 13.1. The number of rotatable bonds is 7. The number of hydrogen-bond acceptors (Lipinski definition) is 4. The second-order valence-corrected chi connectivity index (χ2v) is 10.8. The van der Waals surface area contributed by atoms with Gasteiger partial charge in [0.1, 0.15) is 12.6 Å². The van der Waals surface area contributed by atoms with Crippen molar-refractivity contribution in [2.24, 2.45) is 11.3 Å². The molecule has 4 rings (SSSR count). The van der Waals surface area contributed by atoms with E-state index in [0.717, 1.165) is 35.1 Å². The predicted octanol–water partition coefficient (Wildman–Crippen LogP) is 4.70. The summed E-state index contributed by atoms with van der Waals surface area (Å²) in [5.41, 5.74) is 4.03. The predicted molar refractivity (Wildman–Crippen MR) is 133 cm³/mol. The summed E-state index contributed by atoms with van der Waals surface area (Å²) in [5.74, 6) is -1.07. The second-order valence-electron chi connectivity index (χ2n) is 10.8. The van der Waals surface area contributed by atoms with E-state index in [1.54, 1.807) is 0 Å². The van der Waals surface area contributed by atoms with Crippen LogP contribution in [-0.4, -0.2) is 41.8 Å². The first-order valence-corrected chi connectivity index (χ1v) is 12.3. The Hall–Kier alpha value is -3.35. The van der Waals surface area contributed by atoms with E-state index >= 15 is 0 Å². The van der Waals surface area contributed by atoms with Crippen molar-refractivity contribution < 1.29 is 24.2 Å². The van der Waals surface area contributed by atoms with Crippen LogP contribution in [0.3, 0.4) is 0 Å². The van der Waals surface area contributed by atoms with Gasteiger partial charge >= 0.3 is 12.1 Å². The number of nitrogens with one attached hydrogen (secondary N) is 2. The monoisotopic (exact) mass is 478 g/mol. The normalized spacial score (nSPS) is 20.0. The molecule has 35 heavy (non-hydrogen) atoms. The Morgan fingerprint density at radius 2 is 1.60 bits per heavy atom. The minimum atomic E-state index is -0.813. The number of carbonyl (C=O) groups excluding carboxylic acids is 2. The summed E-state index contributed by atoms with van der Waals surface area (Å²) in [4.78, 5) is 36.9. The Labute approximate surface area is 206 Å². The van der Waals surface area contributed by atoms with Crippen LogP contribution in [0.1, 0.15) is 63.5 Å². The Kier molecular flexibility index (Phi) is 7.15. The third-order valence-corrected chi connectivity index (χ3v) is 7.08. The summed E-state index contributed by atoms with van der Waals surface area (Å²) < 4.78 is 5.65. The first-order chi connectivity index (χ1) is 16.6. The molecular weight excluding hydrogens is 444 g/mol. The van der Waals surface area contributed by atoms with Gasteiger partial charge in [0, 0.05) is 18.4 Å². The molecule has 2 aromatic carbocycles. The van der Waals surface area contributed by atoms with Crippen LogP contribution in [0.2, 0.25) is 0 Å². The number of fused-ring (bicyclic) bond motifs is 3. The Balaban J connectivity index is 1.37. The number of amides is 2. The highest BCUT2D eigenvalue weighted by Gasteiger charge is 2.36. The molecule has 0 unspecified atom stereocenters. The van der Waals surface area contributed by atoms with E-state index in [9.17, 15) is 14.4 Å². The van der Waals surface area contributed by atoms with Gasteiger partial charge in [-0.25, -0.2) is 4.79 Å². The first kappa shape index (κ1) is 24.8. The average molecular weight is 479 g/mol. The van der Waals surface area contributed by atoms with E-state index in [0.29, 0.717) is 6.42 Å². The summed E-state index contributed by atoms with van der Waals surface area (Å²) in [6.45, 7) is 5.85. The van der Waals surface area contributed by atoms with Gasteiger partial charge in [0.2, 0.25) is 5.91 Å². The maximum Gasteiger partial charge on any atom is 0.407 e. The maximum atomic E-state index is 13.1. The molecule has 1 fully saturated rings. The largest absolute Gasteiger partial charge is 0.481 e. The number of carboxylic acids is 1. The molecule has 0 bridgehead atoms. The Morgan fingerprint density at radius 3 is 2.17 bits per heavy atom. The quantitative estimate of drug-likeness (QED) is 0.535. The number of ether oxygens (including phenoxy) is 1. The minimum Gasteiger partial charge on any atom is -0.481 e. The molecule has 7 heteroatoms. The highest BCUT2D eigenvalue weighted by atomic mass is 16.5. The molecule has 7 nitrogen and oxygen atoms in total. The van der Waals surface area contributed by atoms with E-state index in [2.05, 4.69) is 34.9 Å². The SMILES string of the molecule is CC(C)(C)[C@@H](NC(=O)OCC1c2ccccc2-c2ccccc21)C(=O)N[C@@H]1CC[C@H](CC(=O)O)C1. The fourth-order valence-electron chi connectivity index (χ4n) is 5.36. The summed E-state index contributed by atoms with van der Waals surface area (Å²) in [5, 5.41) is 14.8. The second kappa shape index (κ2) is 10.1. The van der Waals surface area contributed by atoms with Crippen molar-refractivity contribution in [2.75, 3.05) is 6.61 Å². The van der Waals surface area contributed by atoms with Crippen LogP contribution in [-0.2, 0) is 14.3 Å². The fraction of sp³-hybridized carbons (Fsp3) is 0.464. The van der Waals surface area contributed by atoms with E-state index in [-0.39, 0.29) is 36.8 Å². The number of hydrogen-bond donors (Lipinski definition) is 3. The molecule has 3 atom stereocenters. The minimum absolute atomic E-state index is 0.0558. The topological polar surface area (TPSA) is 105 Å². The van der Waals surface area contributed by atoms with Gasteiger partial charge in [0.25, 0.3) is 0 Å². The van der Waals surface area contributed by atoms with Gasteiger partial charge in [0.15, 0.2) is 0 Å². The Bertz CT molecular complexity index is 1060. The molecule has 2 aliphatic rings. The zero-order valence-electron chi connectivity index (χ0n) is 20.5. The number of aliphatic carboxylic acids is 1. The lowest BCUT2D eigenvalue weighted by molar-refractivity contribution is -0.138. The highest BCUT2D eigenvalue weighted by molar-refractivity contribution is 5.86. The van der Waals surface area contributed by atoms with Crippen molar-refractivity contribution in [1.82, 2.24) is 10.6 Å². The van der Waals surface area contributed by atoms with E-state index in [1.807, 2.05) is 45.0 Å². The molecule has 0 spiro atoms. The smallest absolute Gasteiger partial charge is 0.407 e. The van der Waals surface area contributed by atoms with Gasteiger partial charge in [-0.1, -0.05) is 69.3 Å². The van der Waals surface area contributed by atoms with Crippen molar-refractivity contribution in [1.29, 1.82) is 0 Å². The number of alkyl carbamates (subject to hydrolysis) is 1. The van der Waals surface area contributed by atoms with E-state index < -0.39 is 23.5 Å². The van der Waals surface area contributed by atoms with Gasteiger partial charge < -0.3 is 20.5 Å². The van der Waals surface area contributed by atoms with Gasteiger partial charge in [-0.3, -0.25) is 9.59 Å². The van der Waals surface area contributed by atoms with Gasteiger partial charge in [0.05, 0.1) is 0 Å². The molecule has 2 amide bonds. The summed E-state index contributed by atoms with van der Waals surface area (Å²) in [6, 6.07) is 15.4. The zero-order chi connectivity index (χ0) is 25.2. The average Bonchev–Trinajstić information content (AvgIpc) is 3.36. The molecule has 0 heterocycles. The lowest BCUT2D eigenvalue weighted by Gasteiger charge is -2.31. The lowest BCUT2D eigenvalue weighted by Crippen LogP contribution is -2.55. The molecule has 2 aliphatic carbocycles. The molecule has 3 N–H and O–H groups in total. The summed E-state index contributed by atoms with van der Waals surface area (Å²) in [7, 11) is 0. The van der Waals surface area contributed by atoms with Crippen molar-refractivity contribution in [3.63, 3.8) is 0 Å². The number of carbonyl (C=O) groups is 3. The van der Waals surface area contributed by atoms with Crippen molar-refractivity contribution in [2.45, 2.75) is 64.5 Å². The molecule has 2 aromatic rings. The van der Waals surface area contributed by atoms with Gasteiger partial charge in [-0.05, 0) is 52.8 Å². The number of carboxylic acid groups (broad SMARTS) is 1. The summed E-state index contributed by atoms with van der Waals surface area (Å²) in [6.07, 6.45) is 1.65. The molecular formula is C28H34N2O5. The van der Waals surface area contributed by atoms with Crippen LogP contribution in [0.4, 0.5) is 4.79 Å². The third kappa shape index (κ3) is 5.66. The lowest BCUT2D eigenvalue weighted by atomic mass is 9.86. The van der Waals surface area contributed by atoms with Crippen molar-refractivity contribution >= 4 is 18.0 Å². The van der Waals surface area contributed by atoms with Crippen LogP contribution in [0.25, 0.3) is 11.1 Å². The van der Waals surface area contributed by atoms with Gasteiger partial charge in [-0.2, -0.15) is 0 Å². The summed E-state index contributed by atoms with van der Waals surface area (Å²) >= 11 is 0. The Morgan fingerprint density at radius 1 is 1.00 bits per heavy atom. The van der Waals surface area contributed by atoms with Gasteiger partial charge in [-0.15, -0.1) is 0 Å². The van der Waals surface area contributed by atoms with Crippen LogP contribution in [0.5, 0.6) is 0 Å². The molecule has 186 valence electrons. The van der Waals surface area contributed by atoms with Crippen LogP contribution >= 0.6 is 0 Å². The molecule has 1 saturated carbocycles. The standard InChI is InChI=1S/C28H34N2O5/c1-28(2,3)25(26(33)29-18-13-12-17(14-18)15-24(31)32)30-27(34)35-16-23-21-10-6-4-8-19(21)20-9-5-7-11-22(20)23/h4-11,17-18,23,25H,12-16H2,1-3H3,(H,29,33)(H,30,34)(H,31,32)/t17-,18+,25-/m0/s1. The van der Waals surface area contributed by atoms with E-state index in [1.165, 1.54) is 0 Å². The molecule has 0 aromatic heterocycles. The van der Waals surface area contributed by atoms with Crippen molar-refractivity contribution in [3.8, 4) is 11.1 Å². The molecule has 0 radical (unpaired) electrons. The van der Waals surface area contributed by atoms with E-state index in [4.69, 9.17) is 9.84 Å². The molecule has 0 aliphatic heterocycles. The number of benzene rings is 2. The van der Waals surface area contributed by atoms with Crippen LogP contribution in [0, 0.1) is 11.3 Å². The molecule has 0 saturated heterocycles. The highest BCUT2D eigenvalue weighted by Crippen LogP contribution is 2.44. The first-order valence-electron chi connectivity index (χ1n) is 12.3. The van der Waals surface area contributed by atoms with Crippen LogP contribution in [0.15, 0.2) is 48.5 Å². The fourth-order valence-corrected chi connectivity index (χ4v) is 5.36. The van der Waals surface area contributed by atoms with Crippen LogP contribution < -0.4 is 10.6 Å². The third-order valence-electron chi connectivity index (χ3n) is 7.08.